The first-order valence-corrected chi connectivity index (χ1v) is 5.51. The maximum Gasteiger partial charge on any atom is 0.340 e. The zero-order chi connectivity index (χ0) is 13.4. The average Bonchev–Trinajstić information content (AvgIpc) is 2.43. The number of carbonyl (C=O) groups excluding carboxylic acids is 1. The molecule has 0 aliphatic carbocycles. The average molecular weight is 258 g/mol. The van der Waals surface area contributed by atoms with E-state index >= 15 is 0 Å². The van der Waals surface area contributed by atoms with Crippen molar-refractivity contribution in [2.45, 2.75) is 0 Å². The summed E-state index contributed by atoms with van der Waals surface area (Å²) >= 11 is 0. The van der Waals surface area contributed by atoms with E-state index in [2.05, 4.69) is 9.72 Å². The summed E-state index contributed by atoms with van der Waals surface area (Å²) in [7, 11) is 1.29. The number of ether oxygens (including phenoxy) is 3. The van der Waals surface area contributed by atoms with E-state index in [9.17, 15) is 4.79 Å². The molecule has 1 aromatic heterocycles. The topological polar surface area (TPSA) is 83.7 Å². The van der Waals surface area contributed by atoms with Crippen LogP contribution in [0.4, 0.5) is 5.69 Å². The Labute approximate surface area is 108 Å². The first-order chi connectivity index (χ1) is 9.19. The number of nitrogens with zero attached hydrogens (tertiary/aromatic N) is 1. The lowest BCUT2D eigenvalue weighted by molar-refractivity contribution is 0.0601. The Hall–Kier alpha value is -2.76. The van der Waals surface area contributed by atoms with Crippen LogP contribution in [0.3, 0.4) is 0 Å². The van der Waals surface area contributed by atoms with Crippen molar-refractivity contribution in [3.05, 3.63) is 36.0 Å². The van der Waals surface area contributed by atoms with Gasteiger partial charge in [-0.15, -0.1) is 0 Å². The summed E-state index contributed by atoms with van der Waals surface area (Å²) in [5.74, 6) is 1.13. The molecular weight excluding hydrogens is 248 g/mol. The van der Waals surface area contributed by atoms with Gasteiger partial charge in [0.2, 0.25) is 0 Å². The van der Waals surface area contributed by atoms with Crippen molar-refractivity contribution in [1.29, 1.82) is 0 Å². The second kappa shape index (κ2) is 4.16. The standard InChI is InChI=1S/C13H10N2O4/c1-17-13(16)7-5-10-11(6-8(7)14)19-12-9(18-10)3-2-4-15-12/h2-6H,14H2,1H3. The minimum atomic E-state index is -0.527. The van der Waals surface area contributed by atoms with Crippen LogP contribution in [0.2, 0.25) is 0 Å². The van der Waals surface area contributed by atoms with Gasteiger partial charge in [0, 0.05) is 18.3 Å². The maximum absolute atomic E-state index is 11.6. The summed E-state index contributed by atoms with van der Waals surface area (Å²) < 4.78 is 15.8. The number of benzene rings is 1. The molecule has 2 N–H and O–H groups in total. The summed E-state index contributed by atoms with van der Waals surface area (Å²) in [6.07, 6.45) is 1.60. The van der Waals surface area contributed by atoms with Crippen LogP contribution in [0.25, 0.3) is 0 Å². The SMILES string of the molecule is COC(=O)c1cc2c(cc1N)Oc1ncccc1O2. The Kier molecular flexibility index (Phi) is 2.49. The van der Waals surface area contributed by atoms with Crippen molar-refractivity contribution in [2.24, 2.45) is 0 Å². The molecule has 0 amide bonds. The fraction of sp³-hybridized carbons (Fsp3) is 0.0769. The molecule has 0 saturated heterocycles. The number of methoxy groups -OCH3 is 1. The molecule has 3 rings (SSSR count). The molecule has 19 heavy (non-hydrogen) atoms. The largest absolute Gasteiger partial charge is 0.465 e. The molecule has 96 valence electrons. The van der Waals surface area contributed by atoms with Crippen LogP contribution in [-0.4, -0.2) is 18.1 Å². The quantitative estimate of drug-likeness (QED) is 0.532. The number of aromatic nitrogens is 1. The van der Waals surface area contributed by atoms with Crippen LogP contribution in [0.1, 0.15) is 10.4 Å². The molecule has 2 heterocycles. The van der Waals surface area contributed by atoms with Crippen LogP contribution >= 0.6 is 0 Å². The van der Waals surface area contributed by atoms with Crippen LogP contribution in [0.15, 0.2) is 30.5 Å². The molecule has 6 nitrogen and oxygen atoms in total. The highest BCUT2D eigenvalue weighted by Crippen LogP contribution is 2.45. The van der Waals surface area contributed by atoms with Gasteiger partial charge in [0.15, 0.2) is 17.2 Å². The number of esters is 1. The Morgan fingerprint density at radius 3 is 2.84 bits per heavy atom. The van der Waals surface area contributed by atoms with E-state index in [4.69, 9.17) is 15.2 Å². The second-order valence-electron chi connectivity index (χ2n) is 3.89. The van der Waals surface area contributed by atoms with Crippen molar-refractivity contribution in [2.75, 3.05) is 12.8 Å². The summed E-state index contributed by atoms with van der Waals surface area (Å²) in [5, 5.41) is 0. The molecule has 6 heteroatoms. The number of anilines is 1. The van der Waals surface area contributed by atoms with Gasteiger partial charge < -0.3 is 19.9 Å². The Bertz CT molecular complexity index is 670. The van der Waals surface area contributed by atoms with Gasteiger partial charge in [0.05, 0.1) is 18.4 Å². The number of pyridine rings is 1. The van der Waals surface area contributed by atoms with Crippen LogP contribution in [-0.2, 0) is 4.74 Å². The van der Waals surface area contributed by atoms with E-state index < -0.39 is 5.97 Å². The van der Waals surface area contributed by atoms with E-state index in [1.54, 1.807) is 18.3 Å². The molecule has 0 unspecified atom stereocenters. The van der Waals surface area contributed by atoms with Gasteiger partial charge in [-0.1, -0.05) is 0 Å². The smallest absolute Gasteiger partial charge is 0.340 e. The summed E-state index contributed by atoms with van der Waals surface area (Å²) in [6.45, 7) is 0. The highest BCUT2D eigenvalue weighted by atomic mass is 16.6. The van der Waals surface area contributed by atoms with Crippen LogP contribution in [0, 0.1) is 0 Å². The highest BCUT2D eigenvalue weighted by Gasteiger charge is 2.23. The molecule has 0 bridgehead atoms. The van der Waals surface area contributed by atoms with E-state index in [-0.39, 0.29) is 11.3 Å². The van der Waals surface area contributed by atoms with Crippen molar-refractivity contribution in [3.8, 4) is 23.1 Å². The zero-order valence-electron chi connectivity index (χ0n) is 10.0. The van der Waals surface area contributed by atoms with Gasteiger partial charge in [-0.2, -0.15) is 0 Å². The molecule has 1 aromatic carbocycles. The van der Waals surface area contributed by atoms with Gasteiger partial charge in [-0.05, 0) is 12.1 Å². The maximum atomic E-state index is 11.6. The highest BCUT2D eigenvalue weighted by molar-refractivity contribution is 5.96. The molecule has 2 aromatic rings. The van der Waals surface area contributed by atoms with E-state index in [1.165, 1.54) is 19.2 Å². The third-order valence-electron chi connectivity index (χ3n) is 2.68. The number of hydrogen-bond donors (Lipinski definition) is 1. The normalized spacial score (nSPS) is 11.6. The Morgan fingerprint density at radius 1 is 1.26 bits per heavy atom. The molecular formula is C13H10N2O4. The fourth-order valence-corrected chi connectivity index (χ4v) is 1.77. The van der Waals surface area contributed by atoms with E-state index in [1.807, 2.05) is 0 Å². The van der Waals surface area contributed by atoms with Crippen molar-refractivity contribution in [3.63, 3.8) is 0 Å². The van der Waals surface area contributed by atoms with Crippen molar-refractivity contribution >= 4 is 11.7 Å². The zero-order valence-corrected chi connectivity index (χ0v) is 10.0. The number of rotatable bonds is 1. The van der Waals surface area contributed by atoms with Crippen LogP contribution < -0.4 is 15.2 Å². The van der Waals surface area contributed by atoms with E-state index in [0.717, 1.165) is 0 Å². The lowest BCUT2D eigenvalue weighted by Crippen LogP contribution is -2.08. The van der Waals surface area contributed by atoms with E-state index in [0.29, 0.717) is 23.1 Å². The molecule has 1 aliphatic heterocycles. The van der Waals surface area contributed by atoms with Crippen molar-refractivity contribution in [1.82, 2.24) is 4.98 Å². The second-order valence-corrected chi connectivity index (χ2v) is 3.89. The lowest BCUT2D eigenvalue weighted by atomic mass is 10.1. The predicted octanol–water partition coefficient (Wildman–Crippen LogP) is 2.35. The minimum absolute atomic E-state index is 0.234. The van der Waals surface area contributed by atoms with Gasteiger partial charge in [-0.25, -0.2) is 9.78 Å². The van der Waals surface area contributed by atoms with Gasteiger partial charge in [-0.3, -0.25) is 0 Å². The monoisotopic (exact) mass is 258 g/mol. The molecule has 0 saturated carbocycles. The third-order valence-corrected chi connectivity index (χ3v) is 2.68. The number of hydrogen-bond acceptors (Lipinski definition) is 6. The third kappa shape index (κ3) is 1.83. The summed E-state index contributed by atoms with van der Waals surface area (Å²) in [4.78, 5) is 15.6. The van der Waals surface area contributed by atoms with Gasteiger partial charge in [0.1, 0.15) is 0 Å². The number of fused-ring (bicyclic) bond motifs is 2. The minimum Gasteiger partial charge on any atom is -0.465 e. The first kappa shape index (κ1) is 11.3. The molecule has 1 aliphatic rings. The van der Waals surface area contributed by atoms with Crippen molar-refractivity contribution < 1.29 is 19.0 Å². The van der Waals surface area contributed by atoms with Crippen LogP contribution in [0.5, 0.6) is 23.1 Å². The first-order valence-electron chi connectivity index (χ1n) is 5.51. The fourth-order valence-electron chi connectivity index (χ4n) is 1.77. The molecule has 0 spiro atoms. The summed E-state index contributed by atoms with van der Waals surface area (Å²) in [5.41, 5.74) is 6.28. The summed E-state index contributed by atoms with van der Waals surface area (Å²) in [6, 6.07) is 6.46. The number of nitrogens with two attached hydrogens (primary N) is 1. The Balaban J connectivity index is 2.07. The Morgan fingerprint density at radius 2 is 2.05 bits per heavy atom. The van der Waals surface area contributed by atoms with Gasteiger partial charge >= 0.3 is 5.97 Å². The predicted molar refractivity (Wildman–Crippen MR) is 66.6 cm³/mol. The molecule has 0 atom stereocenters. The molecule has 0 fully saturated rings. The number of nitrogen functional groups attached to an aromatic ring is 1. The number of carbonyl (C=O) groups is 1. The lowest BCUT2D eigenvalue weighted by Gasteiger charge is -2.20. The van der Waals surface area contributed by atoms with Gasteiger partial charge in [0.25, 0.3) is 5.88 Å². The molecule has 0 radical (unpaired) electrons.